The van der Waals surface area contributed by atoms with Gasteiger partial charge in [-0.3, -0.25) is 4.79 Å². The van der Waals surface area contributed by atoms with Gasteiger partial charge in [0.2, 0.25) is 10.0 Å². The van der Waals surface area contributed by atoms with Gasteiger partial charge < -0.3 is 9.84 Å². The molecular weight excluding hydrogens is 246 g/mol. The van der Waals surface area contributed by atoms with Crippen molar-refractivity contribution in [2.75, 3.05) is 20.3 Å². The maximum absolute atomic E-state index is 12.2. The molecule has 1 saturated heterocycles. The summed E-state index contributed by atoms with van der Waals surface area (Å²) in [5.74, 6) is -0.680. The Morgan fingerprint density at radius 2 is 2.18 bits per heavy atom. The Morgan fingerprint density at radius 1 is 1.59 bits per heavy atom. The summed E-state index contributed by atoms with van der Waals surface area (Å²) in [6.07, 6.45) is 0.693. The Hall–Kier alpha value is -0.660. The van der Waals surface area contributed by atoms with Gasteiger partial charge in [-0.25, -0.2) is 8.42 Å². The zero-order chi connectivity index (χ0) is 13.2. The van der Waals surface area contributed by atoms with E-state index in [0.29, 0.717) is 13.0 Å². The van der Waals surface area contributed by atoms with Gasteiger partial charge in [-0.15, -0.1) is 0 Å². The summed E-state index contributed by atoms with van der Waals surface area (Å²) < 4.78 is 30.0. The minimum Gasteiger partial charge on any atom is -0.468 e. The molecule has 0 aliphatic carbocycles. The molecule has 1 aliphatic rings. The summed E-state index contributed by atoms with van der Waals surface area (Å²) in [6, 6.07) is -0.438. The average molecular weight is 265 g/mol. The SMILES string of the molecule is COC(=O)C(C)S(=O)(=O)N1CCC(C)C1CO. The Kier molecular flexibility index (Phi) is 4.51. The first-order valence-corrected chi connectivity index (χ1v) is 7.06. The molecule has 6 nitrogen and oxygen atoms in total. The fourth-order valence-electron chi connectivity index (χ4n) is 2.05. The number of esters is 1. The summed E-state index contributed by atoms with van der Waals surface area (Å²) in [6.45, 7) is 3.31. The minimum absolute atomic E-state index is 0.0969. The third kappa shape index (κ3) is 2.61. The topological polar surface area (TPSA) is 83.9 Å². The van der Waals surface area contributed by atoms with Crippen molar-refractivity contribution in [3.8, 4) is 0 Å². The van der Waals surface area contributed by atoms with Crippen LogP contribution in [0.2, 0.25) is 0 Å². The van der Waals surface area contributed by atoms with Crippen LogP contribution in [-0.2, 0) is 19.6 Å². The molecule has 0 aromatic rings. The van der Waals surface area contributed by atoms with Gasteiger partial charge in [0.25, 0.3) is 0 Å². The maximum Gasteiger partial charge on any atom is 0.325 e. The van der Waals surface area contributed by atoms with Gasteiger partial charge in [0.05, 0.1) is 19.8 Å². The normalized spacial score (nSPS) is 28.0. The van der Waals surface area contributed by atoms with Crippen molar-refractivity contribution in [1.29, 1.82) is 0 Å². The number of sulfonamides is 1. The summed E-state index contributed by atoms with van der Waals surface area (Å²) in [5, 5.41) is 8.00. The molecule has 0 aromatic heterocycles. The van der Waals surface area contributed by atoms with Crippen LogP contribution in [0.1, 0.15) is 20.3 Å². The third-order valence-electron chi connectivity index (χ3n) is 3.33. The predicted octanol–water partition coefficient (Wildman–Crippen LogP) is -0.420. The molecule has 1 rings (SSSR count). The smallest absolute Gasteiger partial charge is 0.325 e. The second-order valence-corrected chi connectivity index (χ2v) is 6.54. The van der Waals surface area contributed by atoms with Crippen LogP contribution in [0.3, 0.4) is 0 Å². The molecule has 0 radical (unpaired) electrons. The van der Waals surface area contributed by atoms with Crippen molar-refractivity contribution in [3.63, 3.8) is 0 Å². The standard InChI is InChI=1S/C10H19NO5S/c1-7-4-5-11(9(7)6-12)17(14,15)8(2)10(13)16-3/h7-9,12H,4-6H2,1-3H3. The molecule has 3 atom stereocenters. The highest BCUT2D eigenvalue weighted by molar-refractivity contribution is 7.90. The number of rotatable bonds is 4. The molecule has 100 valence electrons. The summed E-state index contributed by atoms with van der Waals surface area (Å²) >= 11 is 0. The molecule has 0 spiro atoms. The van der Waals surface area contributed by atoms with E-state index in [1.165, 1.54) is 11.2 Å². The lowest BCUT2D eigenvalue weighted by atomic mass is 10.0. The highest BCUT2D eigenvalue weighted by Crippen LogP contribution is 2.28. The zero-order valence-corrected chi connectivity index (χ0v) is 11.1. The van der Waals surface area contributed by atoms with E-state index in [0.717, 1.165) is 7.11 Å². The van der Waals surface area contributed by atoms with Gasteiger partial charge in [0.1, 0.15) is 0 Å². The van der Waals surface area contributed by atoms with Gasteiger partial charge in [-0.05, 0) is 19.3 Å². The van der Waals surface area contributed by atoms with Gasteiger partial charge in [-0.2, -0.15) is 4.31 Å². The van der Waals surface area contributed by atoms with Crippen LogP contribution >= 0.6 is 0 Å². The maximum atomic E-state index is 12.2. The number of aliphatic hydroxyl groups is 1. The number of methoxy groups -OCH3 is 1. The van der Waals surface area contributed by atoms with Gasteiger partial charge in [-0.1, -0.05) is 6.92 Å². The van der Waals surface area contributed by atoms with Crippen LogP contribution < -0.4 is 0 Å². The lowest BCUT2D eigenvalue weighted by Crippen LogP contribution is -2.46. The van der Waals surface area contributed by atoms with Crippen molar-refractivity contribution in [3.05, 3.63) is 0 Å². The first-order chi connectivity index (χ1) is 7.86. The van der Waals surface area contributed by atoms with E-state index in [1.54, 1.807) is 0 Å². The van der Waals surface area contributed by atoms with Crippen molar-refractivity contribution < 1.29 is 23.1 Å². The minimum atomic E-state index is -3.75. The highest BCUT2D eigenvalue weighted by atomic mass is 32.2. The number of nitrogens with zero attached hydrogens (tertiary/aromatic N) is 1. The van der Waals surface area contributed by atoms with Crippen molar-refractivity contribution >= 4 is 16.0 Å². The fraction of sp³-hybridized carbons (Fsp3) is 0.900. The lowest BCUT2D eigenvalue weighted by molar-refractivity contribution is -0.139. The molecular formula is C10H19NO5S. The van der Waals surface area contributed by atoms with Crippen LogP contribution in [0.25, 0.3) is 0 Å². The van der Waals surface area contributed by atoms with E-state index >= 15 is 0 Å². The first kappa shape index (κ1) is 14.4. The zero-order valence-electron chi connectivity index (χ0n) is 10.3. The van der Waals surface area contributed by atoms with Crippen molar-refractivity contribution in [2.45, 2.75) is 31.6 Å². The van der Waals surface area contributed by atoms with E-state index in [9.17, 15) is 18.3 Å². The highest BCUT2D eigenvalue weighted by Gasteiger charge is 2.43. The molecule has 0 aromatic carbocycles. The number of aliphatic hydroxyl groups excluding tert-OH is 1. The Balaban J connectivity index is 2.95. The summed E-state index contributed by atoms with van der Waals surface area (Å²) in [5.41, 5.74) is 0. The average Bonchev–Trinajstić information content (AvgIpc) is 2.68. The van der Waals surface area contributed by atoms with E-state index < -0.39 is 27.3 Å². The second-order valence-electron chi connectivity index (χ2n) is 4.34. The lowest BCUT2D eigenvalue weighted by Gasteiger charge is -2.26. The molecule has 0 bridgehead atoms. The molecule has 0 saturated carbocycles. The van der Waals surface area contributed by atoms with Gasteiger partial charge in [0, 0.05) is 6.54 Å². The first-order valence-electron chi connectivity index (χ1n) is 5.55. The number of carbonyl (C=O) groups is 1. The van der Waals surface area contributed by atoms with E-state index in [1.807, 2.05) is 6.92 Å². The van der Waals surface area contributed by atoms with Crippen LogP contribution in [-0.4, -0.2) is 55.4 Å². The molecule has 17 heavy (non-hydrogen) atoms. The largest absolute Gasteiger partial charge is 0.468 e. The Morgan fingerprint density at radius 3 is 2.65 bits per heavy atom. The van der Waals surface area contributed by atoms with Crippen LogP contribution in [0.4, 0.5) is 0 Å². The van der Waals surface area contributed by atoms with Gasteiger partial charge in [0.15, 0.2) is 5.25 Å². The molecule has 1 aliphatic heterocycles. The van der Waals surface area contributed by atoms with Crippen LogP contribution in [0.15, 0.2) is 0 Å². The number of hydrogen-bond donors (Lipinski definition) is 1. The van der Waals surface area contributed by atoms with E-state index in [-0.39, 0.29) is 12.5 Å². The fourth-order valence-corrected chi connectivity index (χ4v) is 3.81. The molecule has 1 N–H and O–H groups in total. The third-order valence-corrected chi connectivity index (χ3v) is 5.52. The quantitative estimate of drug-likeness (QED) is 0.698. The van der Waals surface area contributed by atoms with Gasteiger partial charge >= 0.3 is 5.97 Å². The Bertz CT molecular complexity index is 380. The number of hydrogen-bond acceptors (Lipinski definition) is 5. The van der Waals surface area contributed by atoms with Crippen molar-refractivity contribution in [1.82, 2.24) is 4.31 Å². The van der Waals surface area contributed by atoms with Crippen LogP contribution in [0.5, 0.6) is 0 Å². The van der Waals surface area contributed by atoms with E-state index in [4.69, 9.17) is 0 Å². The Labute approximate surface area is 102 Å². The molecule has 7 heteroatoms. The number of ether oxygens (including phenoxy) is 1. The summed E-state index contributed by atoms with van der Waals surface area (Å²) in [4.78, 5) is 11.3. The number of carbonyl (C=O) groups excluding carboxylic acids is 1. The van der Waals surface area contributed by atoms with Crippen LogP contribution in [0, 0.1) is 5.92 Å². The monoisotopic (exact) mass is 265 g/mol. The van der Waals surface area contributed by atoms with Crippen molar-refractivity contribution in [2.24, 2.45) is 5.92 Å². The summed E-state index contributed by atoms with van der Waals surface area (Å²) in [7, 11) is -2.59. The molecule has 3 unspecified atom stereocenters. The molecule has 0 amide bonds. The second kappa shape index (κ2) is 5.32. The molecule has 1 fully saturated rings. The predicted molar refractivity (Wildman–Crippen MR) is 61.8 cm³/mol. The molecule has 1 heterocycles. The van der Waals surface area contributed by atoms with E-state index in [2.05, 4.69) is 4.74 Å².